The third-order valence-corrected chi connectivity index (χ3v) is 4.92. The van der Waals surface area contributed by atoms with E-state index in [0.717, 1.165) is 33.4 Å². The van der Waals surface area contributed by atoms with E-state index in [4.69, 9.17) is 17.0 Å². The topological polar surface area (TPSA) is 50.4 Å². The van der Waals surface area contributed by atoms with Crippen LogP contribution in [0.1, 0.15) is 35.7 Å². The molecule has 2 aromatic rings. The zero-order valence-corrected chi connectivity index (χ0v) is 17.2. The Morgan fingerprint density at radius 3 is 2.72 bits per heavy atom. The molecule has 1 amide bonds. The van der Waals surface area contributed by atoms with Gasteiger partial charge < -0.3 is 10.1 Å². The predicted octanol–water partition coefficient (Wildman–Crippen LogP) is 4.91. The highest BCUT2D eigenvalue weighted by atomic mass is 127. The van der Waals surface area contributed by atoms with E-state index in [-0.39, 0.29) is 11.0 Å². The number of benzene rings is 2. The lowest BCUT2D eigenvalue weighted by molar-refractivity contribution is 0.0977. The van der Waals surface area contributed by atoms with Crippen LogP contribution in [0.3, 0.4) is 0 Å². The molecular formula is C19H21IN2O2S. The Kier molecular flexibility index (Phi) is 7.64. The summed E-state index contributed by atoms with van der Waals surface area (Å²) in [6, 6.07) is 13.1. The van der Waals surface area contributed by atoms with Crippen molar-refractivity contribution in [3.8, 4) is 5.75 Å². The number of hydrogen-bond acceptors (Lipinski definition) is 3. The van der Waals surface area contributed by atoms with Gasteiger partial charge in [-0.1, -0.05) is 31.5 Å². The van der Waals surface area contributed by atoms with Gasteiger partial charge in [0.05, 0.1) is 12.3 Å². The summed E-state index contributed by atoms with van der Waals surface area (Å²) in [4.78, 5) is 12.3. The lowest BCUT2D eigenvalue weighted by Gasteiger charge is -2.14. The summed E-state index contributed by atoms with van der Waals surface area (Å²) >= 11 is 7.48. The fourth-order valence-corrected chi connectivity index (χ4v) is 2.80. The molecule has 0 aromatic heterocycles. The molecule has 0 fully saturated rings. The van der Waals surface area contributed by atoms with E-state index in [1.54, 1.807) is 6.07 Å². The Hall–Kier alpha value is -1.67. The standard InChI is InChI=1S/C19H21IN2O2S/c1-3-4-11-24-17-8-6-5-7-16(17)21-19(25)22-18(23)14-10-9-13(2)15(20)12-14/h5-10,12H,3-4,11H2,1-2H3,(H2,21,22,23,25). The van der Waals surface area contributed by atoms with Gasteiger partial charge in [-0.2, -0.15) is 0 Å². The second kappa shape index (κ2) is 9.72. The number of nitrogens with one attached hydrogen (secondary N) is 2. The molecule has 0 saturated heterocycles. The summed E-state index contributed by atoms with van der Waals surface area (Å²) in [6.45, 7) is 4.77. The van der Waals surface area contributed by atoms with Crippen molar-refractivity contribution in [3.63, 3.8) is 0 Å². The van der Waals surface area contributed by atoms with Crippen LogP contribution in [0, 0.1) is 10.5 Å². The SMILES string of the molecule is CCCCOc1ccccc1NC(=S)NC(=O)c1ccc(C)c(I)c1. The molecule has 0 aliphatic rings. The minimum Gasteiger partial charge on any atom is -0.491 e. The van der Waals surface area contributed by atoms with Crippen molar-refractivity contribution in [2.75, 3.05) is 11.9 Å². The molecule has 6 heteroatoms. The van der Waals surface area contributed by atoms with Crippen LogP contribution >= 0.6 is 34.8 Å². The first kappa shape index (κ1) is 19.7. The monoisotopic (exact) mass is 468 g/mol. The number of thiocarbonyl (C=S) groups is 1. The Labute approximate surface area is 167 Å². The molecule has 0 heterocycles. The molecule has 0 unspecified atom stereocenters. The van der Waals surface area contributed by atoms with E-state index in [1.807, 2.05) is 43.3 Å². The highest BCUT2D eigenvalue weighted by Crippen LogP contribution is 2.24. The third-order valence-electron chi connectivity index (χ3n) is 3.55. The zero-order chi connectivity index (χ0) is 18.2. The lowest BCUT2D eigenvalue weighted by atomic mass is 10.1. The summed E-state index contributed by atoms with van der Waals surface area (Å²) in [6.07, 6.45) is 2.06. The molecule has 25 heavy (non-hydrogen) atoms. The van der Waals surface area contributed by atoms with E-state index in [2.05, 4.69) is 40.1 Å². The van der Waals surface area contributed by atoms with Crippen LogP contribution in [0.4, 0.5) is 5.69 Å². The van der Waals surface area contributed by atoms with Crippen molar-refractivity contribution >= 4 is 51.5 Å². The molecule has 2 rings (SSSR count). The number of hydrogen-bond donors (Lipinski definition) is 2. The van der Waals surface area contributed by atoms with Crippen LogP contribution in [-0.2, 0) is 0 Å². The van der Waals surface area contributed by atoms with Crippen LogP contribution in [0.15, 0.2) is 42.5 Å². The van der Waals surface area contributed by atoms with Gasteiger partial charge in [0.15, 0.2) is 5.11 Å². The molecule has 0 atom stereocenters. The van der Waals surface area contributed by atoms with Crippen LogP contribution in [0.2, 0.25) is 0 Å². The van der Waals surface area contributed by atoms with Crippen molar-refractivity contribution < 1.29 is 9.53 Å². The molecule has 4 nitrogen and oxygen atoms in total. The van der Waals surface area contributed by atoms with E-state index < -0.39 is 0 Å². The fraction of sp³-hybridized carbons (Fsp3) is 0.263. The molecule has 0 aliphatic heterocycles. The normalized spacial score (nSPS) is 10.2. The first-order valence-electron chi connectivity index (χ1n) is 8.11. The van der Waals surface area contributed by atoms with Crippen LogP contribution in [0.5, 0.6) is 5.75 Å². The summed E-state index contributed by atoms with van der Waals surface area (Å²) in [5.41, 5.74) is 2.45. The lowest BCUT2D eigenvalue weighted by Crippen LogP contribution is -2.34. The minimum atomic E-state index is -0.236. The maximum Gasteiger partial charge on any atom is 0.257 e. The number of carbonyl (C=O) groups is 1. The number of ether oxygens (including phenoxy) is 1. The Balaban J connectivity index is 2.00. The average molecular weight is 468 g/mol. The van der Waals surface area contributed by atoms with Gasteiger partial charge in [0.1, 0.15) is 5.75 Å². The predicted molar refractivity (Wildman–Crippen MR) is 114 cm³/mol. The fourth-order valence-electron chi connectivity index (χ4n) is 2.09. The third kappa shape index (κ3) is 5.97. The molecule has 0 bridgehead atoms. The number of rotatable bonds is 6. The quantitative estimate of drug-likeness (QED) is 0.360. The first-order valence-corrected chi connectivity index (χ1v) is 9.60. The van der Waals surface area contributed by atoms with Gasteiger partial charge in [0.2, 0.25) is 0 Å². The number of unbranched alkanes of at least 4 members (excludes halogenated alkanes) is 1. The minimum absolute atomic E-state index is 0.236. The summed E-state index contributed by atoms with van der Waals surface area (Å²) in [5, 5.41) is 5.99. The Morgan fingerprint density at radius 1 is 1.24 bits per heavy atom. The van der Waals surface area contributed by atoms with Crippen molar-refractivity contribution in [1.29, 1.82) is 0 Å². The second-order valence-corrected chi connectivity index (χ2v) is 7.14. The van der Waals surface area contributed by atoms with Crippen molar-refractivity contribution in [3.05, 3.63) is 57.2 Å². The molecule has 0 radical (unpaired) electrons. The number of anilines is 1. The largest absolute Gasteiger partial charge is 0.491 e. The Morgan fingerprint density at radius 2 is 2.00 bits per heavy atom. The summed E-state index contributed by atoms with van der Waals surface area (Å²) in [5.74, 6) is 0.484. The molecule has 2 aromatic carbocycles. The van der Waals surface area contributed by atoms with E-state index in [1.165, 1.54) is 0 Å². The number of amides is 1. The van der Waals surface area contributed by atoms with E-state index >= 15 is 0 Å². The van der Waals surface area contributed by atoms with E-state index in [9.17, 15) is 4.79 Å². The summed E-state index contributed by atoms with van der Waals surface area (Å²) < 4.78 is 6.80. The molecule has 0 aliphatic carbocycles. The second-order valence-electron chi connectivity index (χ2n) is 5.57. The van der Waals surface area contributed by atoms with E-state index in [0.29, 0.717) is 12.2 Å². The van der Waals surface area contributed by atoms with Crippen LogP contribution in [-0.4, -0.2) is 17.6 Å². The number of halogens is 1. The van der Waals surface area contributed by atoms with Gasteiger partial charge in [0.25, 0.3) is 5.91 Å². The smallest absolute Gasteiger partial charge is 0.257 e. The van der Waals surface area contributed by atoms with Crippen LogP contribution < -0.4 is 15.4 Å². The van der Waals surface area contributed by atoms with Gasteiger partial charge in [0, 0.05) is 9.13 Å². The van der Waals surface area contributed by atoms with Crippen molar-refractivity contribution in [2.45, 2.75) is 26.7 Å². The molecular weight excluding hydrogens is 447 g/mol. The number of para-hydroxylation sites is 2. The van der Waals surface area contributed by atoms with Gasteiger partial charge in [-0.15, -0.1) is 0 Å². The molecule has 0 saturated carbocycles. The molecule has 0 spiro atoms. The van der Waals surface area contributed by atoms with Crippen LogP contribution in [0.25, 0.3) is 0 Å². The number of carbonyl (C=O) groups excluding carboxylic acids is 1. The number of aryl methyl sites for hydroxylation is 1. The highest BCUT2D eigenvalue weighted by Gasteiger charge is 2.11. The average Bonchev–Trinajstić information content (AvgIpc) is 2.59. The highest BCUT2D eigenvalue weighted by molar-refractivity contribution is 14.1. The summed E-state index contributed by atoms with van der Waals surface area (Å²) in [7, 11) is 0. The Bertz CT molecular complexity index is 765. The zero-order valence-electron chi connectivity index (χ0n) is 14.3. The van der Waals surface area contributed by atoms with Gasteiger partial charge in [-0.05, 0) is 78.0 Å². The van der Waals surface area contributed by atoms with Gasteiger partial charge in [-0.25, -0.2) is 0 Å². The van der Waals surface area contributed by atoms with Crippen molar-refractivity contribution in [1.82, 2.24) is 5.32 Å². The molecule has 2 N–H and O–H groups in total. The first-order chi connectivity index (χ1) is 12.0. The maximum absolute atomic E-state index is 12.3. The maximum atomic E-state index is 12.3. The van der Waals surface area contributed by atoms with Gasteiger partial charge in [-0.3, -0.25) is 10.1 Å². The van der Waals surface area contributed by atoms with Crippen molar-refractivity contribution in [2.24, 2.45) is 0 Å². The van der Waals surface area contributed by atoms with Gasteiger partial charge >= 0.3 is 0 Å². The molecule has 132 valence electrons.